The normalized spacial score (nSPS) is 11.5. The van der Waals surface area contributed by atoms with Crippen LogP contribution in [0.1, 0.15) is 23.0 Å². The lowest BCUT2D eigenvalue weighted by molar-refractivity contribution is -0.137. The third-order valence-corrected chi connectivity index (χ3v) is 4.65. The molecule has 1 atom stereocenters. The maximum Gasteiger partial charge on any atom is 0.340 e. The lowest BCUT2D eigenvalue weighted by atomic mass is 10.2. The van der Waals surface area contributed by atoms with Crippen molar-refractivity contribution in [1.82, 2.24) is 10.2 Å². The lowest BCUT2D eigenvalue weighted by Gasteiger charge is -2.18. The second kappa shape index (κ2) is 9.82. The number of amides is 2. The molecule has 0 radical (unpaired) electrons. The van der Waals surface area contributed by atoms with Crippen molar-refractivity contribution in [2.75, 3.05) is 19.8 Å². The number of likely N-dealkylation sites (N-methyl/N-ethyl adjacent to an activating group) is 1. The maximum absolute atomic E-state index is 12.4. The molecule has 0 fully saturated rings. The van der Waals surface area contributed by atoms with Gasteiger partial charge in [-0.15, -0.1) is 11.8 Å². The number of nitrogens with zero attached hydrogens (tertiary/aromatic N) is 1. The van der Waals surface area contributed by atoms with Crippen LogP contribution in [0.5, 0.6) is 0 Å². The molecule has 2 amide bonds. The van der Waals surface area contributed by atoms with Crippen LogP contribution in [0.4, 0.5) is 0 Å². The number of carbonyl (C=O) groups excluding carboxylic acids is 3. The Morgan fingerprint density at radius 2 is 1.93 bits per heavy atom. The first-order valence-electron chi connectivity index (χ1n) is 8.31. The van der Waals surface area contributed by atoms with E-state index in [1.165, 1.54) is 23.6 Å². The first-order valence-corrected chi connectivity index (χ1v) is 9.30. The summed E-state index contributed by atoms with van der Waals surface area (Å²) in [7, 11) is 3.19. The topological polar surface area (TPSA) is 88.9 Å². The van der Waals surface area contributed by atoms with Crippen LogP contribution in [0, 0.1) is 0 Å². The Hall–Kier alpha value is -2.74. The molecule has 0 saturated heterocycles. The van der Waals surface area contributed by atoms with E-state index in [1.54, 1.807) is 56.8 Å². The van der Waals surface area contributed by atoms with Gasteiger partial charge >= 0.3 is 5.97 Å². The highest BCUT2D eigenvalue weighted by molar-refractivity contribution is 8.00. The molecular formula is C19H22N2O5S. The van der Waals surface area contributed by atoms with E-state index in [-0.39, 0.29) is 17.6 Å². The molecule has 0 aliphatic carbocycles. The maximum atomic E-state index is 12.4. The summed E-state index contributed by atoms with van der Waals surface area (Å²) in [4.78, 5) is 38.2. The van der Waals surface area contributed by atoms with Crippen LogP contribution in [0.2, 0.25) is 0 Å². The number of furan rings is 1. The van der Waals surface area contributed by atoms with Crippen LogP contribution in [-0.4, -0.2) is 48.6 Å². The summed E-state index contributed by atoms with van der Waals surface area (Å²) < 4.78 is 10.4. The van der Waals surface area contributed by atoms with E-state index in [1.807, 2.05) is 0 Å². The highest BCUT2D eigenvalue weighted by Crippen LogP contribution is 2.23. The molecule has 0 spiro atoms. The third kappa shape index (κ3) is 6.18. The van der Waals surface area contributed by atoms with Crippen molar-refractivity contribution in [2.45, 2.75) is 24.5 Å². The quantitative estimate of drug-likeness (QED) is 0.550. The van der Waals surface area contributed by atoms with Gasteiger partial charge in [0.05, 0.1) is 24.1 Å². The van der Waals surface area contributed by atoms with Gasteiger partial charge in [-0.2, -0.15) is 0 Å². The van der Waals surface area contributed by atoms with Crippen molar-refractivity contribution in [1.29, 1.82) is 0 Å². The SMILES string of the molecule is C[C@@H](OC(=O)c1ccccc1SCC(=O)NCc1ccco1)C(=O)N(C)C. The van der Waals surface area contributed by atoms with E-state index in [0.29, 0.717) is 22.8 Å². The molecule has 2 rings (SSSR count). The zero-order valence-corrected chi connectivity index (χ0v) is 16.2. The van der Waals surface area contributed by atoms with Crippen molar-refractivity contribution in [3.63, 3.8) is 0 Å². The summed E-state index contributed by atoms with van der Waals surface area (Å²) in [6, 6.07) is 10.3. The number of benzene rings is 1. The van der Waals surface area contributed by atoms with Gasteiger partial charge in [0.2, 0.25) is 5.91 Å². The molecule has 2 aromatic rings. The van der Waals surface area contributed by atoms with Gasteiger partial charge in [0.15, 0.2) is 6.10 Å². The number of nitrogens with one attached hydrogen (secondary N) is 1. The summed E-state index contributed by atoms with van der Waals surface area (Å²) >= 11 is 1.22. The van der Waals surface area contributed by atoms with Gasteiger partial charge < -0.3 is 19.4 Å². The first kappa shape index (κ1) is 20.6. The predicted molar refractivity (Wildman–Crippen MR) is 101 cm³/mol. The molecule has 1 aromatic carbocycles. The van der Waals surface area contributed by atoms with Crippen molar-refractivity contribution >= 4 is 29.5 Å². The van der Waals surface area contributed by atoms with Crippen LogP contribution in [0.15, 0.2) is 52.0 Å². The van der Waals surface area contributed by atoms with E-state index in [2.05, 4.69) is 5.32 Å². The molecule has 1 heterocycles. The zero-order valence-electron chi connectivity index (χ0n) is 15.4. The number of ether oxygens (including phenoxy) is 1. The molecule has 0 unspecified atom stereocenters. The van der Waals surface area contributed by atoms with Crippen LogP contribution in [0.3, 0.4) is 0 Å². The second-order valence-electron chi connectivity index (χ2n) is 5.92. The molecule has 1 aromatic heterocycles. The largest absolute Gasteiger partial charge is 0.467 e. The average Bonchev–Trinajstić information content (AvgIpc) is 3.17. The van der Waals surface area contributed by atoms with E-state index in [4.69, 9.17) is 9.15 Å². The van der Waals surface area contributed by atoms with E-state index in [0.717, 1.165) is 0 Å². The minimum atomic E-state index is -0.887. The Morgan fingerprint density at radius 3 is 2.59 bits per heavy atom. The Labute approximate surface area is 162 Å². The average molecular weight is 390 g/mol. The van der Waals surface area contributed by atoms with Gasteiger partial charge in [0.25, 0.3) is 5.91 Å². The molecule has 1 N–H and O–H groups in total. The zero-order chi connectivity index (χ0) is 19.8. The summed E-state index contributed by atoms with van der Waals surface area (Å²) in [5.74, 6) is -0.285. The number of hydrogen-bond donors (Lipinski definition) is 1. The molecule has 27 heavy (non-hydrogen) atoms. The molecule has 0 bridgehead atoms. The van der Waals surface area contributed by atoms with Crippen LogP contribution >= 0.6 is 11.8 Å². The Bertz CT molecular complexity index is 789. The standard InChI is InChI=1S/C19H22N2O5S/c1-13(18(23)21(2)3)26-19(24)15-8-4-5-9-16(15)27-12-17(22)20-11-14-7-6-10-25-14/h4-10,13H,11-12H2,1-3H3,(H,20,22)/t13-/m1/s1. The monoisotopic (exact) mass is 390 g/mol. The first-order chi connectivity index (χ1) is 12.9. The van der Waals surface area contributed by atoms with Gasteiger partial charge in [0.1, 0.15) is 5.76 Å². The lowest BCUT2D eigenvalue weighted by Crippen LogP contribution is -2.35. The van der Waals surface area contributed by atoms with Crippen LogP contribution in [-0.2, 0) is 20.9 Å². The van der Waals surface area contributed by atoms with E-state index in [9.17, 15) is 14.4 Å². The van der Waals surface area contributed by atoms with Crippen molar-refractivity contribution in [2.24, 2.45) is 0 Å². The fourth-order valence-electron chi connectivity index (χ4n) is 2.19. The molecular weight excluding hydrogens is 368 g/mol. The predicted octanol–water partition coefficient (Wildman–Crippen LogP) is 2.32. The summed E-state index contributed by atoms with van der Waals surface area (Å²) in [5.41, 5.74) is 0.319. The van der Waals surface area contributed by atoms with Crippen LogP contribution in [0.25, 0.3) is 0 Å². The molecule has 0 aliphatic rings. The van der Waals surface area contributed by atoms with E-state index >= 15 is 0 Å². The smallest absolute Gasteiger partial charge is 0.340 e. The summed E-state index contributed by atoms with van der Waals surface area (Å²) in [5, 5.41) is 2.74. The molecule has 0 saturated carbocycles. The van der Waals surface area contributed by atoms with Crippen LogP contribution < -0.4 is 5.32 Å². The molecule has 144 valence electrons. The van der Waals surface area contributed by atoms with Gasteiger partial charge in [-0.3, -0.25) is 9.59 Å². The Kier molecular flexibility index (Phi) is 7.48. The van der Waals surface area contributed by atoms with Crippen molar-refractivity contribution in [3.05, 3.63) is 54.0 Å². The highest BCUT2D eigenvalue weighted by atomic mass is 32.2. The minimum Gasteiger partial charge on any atom is -0.467 e. The van der Waals surface area contributed by atoms with Gasteiger partial charge in [-0.1, -0.05) is 12.1 Å². The number of hydrogen-bond acceptors (Lipinski definition) is 6. The number of thioether (sulfide) groups is 1. The second-order valence-corrected chi connectivity index (χ2v) is 6.94. The summed E-state index contributed by atoms with van der Waals surface area (Å²) in [6.07, 6.45) is 0.655. The molecule has 7 nitrogen and oxygen atoms in total. The van der Waals surface area contributed by atoms with Crippen molar-refractivity contribution < 1.29 is 23.5 Å². The minimum absolute atomic E-state index is 0.136. The Balaban J connectivity index is 1.93. The molecule has 0 aliphatic heterocycles. The van der Waals surface area contributed by atoms with Gasteiger partial charge in [-0.05, 0) is 31.2 Å². The third-order valence-electron chi connectivity index (χ3n) is 3.58. The number of esters is 1. The molecule has 8 heteroatoms. The number of rotatable bonds is 8. The summed E-state index contributed by atoms with van der Waals surface area (Å²) in [6.45, 7) is 1.83. The van der Waals surface area contributed by atoms with E-state index < -0.39 is 12.1 Å². The van der Waals surface area contributed by atoms with Crippen molar-refractivity contribution in [3.8, 4) is 0 Å². The fourth-order valence-corrected chi connectivity index (χ4v) is 3.06. The highest BCUT2D eigenvalue weighted by Gasteiger charge is 2.22. The Morgan fingerprint density at radius 1 is 1.19 bits per heavy atom. The fraction of sp³-hybridized carbons (Fsp3) is 0.316. The van der Waals surface area contributed by atoms with Gasteiger partial charge in [-0.25, -0.2) is 4.79 Å². The van der Waals surface area contributed by atoms with Gasteiger partial charge in [0, 0.05) is 19.0 Å². The number of carbonyl (C=O) groups is 3.